The van der Waals surface area contributed by atoms with Crippen LogP contribution in [-0.4, -0.2) is 23.7 Å². The smallest absolute Gasteiger partial charge is 0.334 e. The van der Waals surface area contributed by atoms with Crippen LogP contribution < -0.4 is 0 Å². The van der Waals surface area contributed by atoms with Gasteiger partial charge < -0.3 is 9.84 Å². The fourth-order valence-corrected chi connectivity index (χ4v) is 5.67. The number of rotatable bonds is 5. The van der Waals surface area contributed by atoms with Gasteiger partial charge in [0, 0.05) is 17.4 Å². The van der Waals surface area contributed by atoms with Gasteiger partial charge in [-0.3, -0.25) is 4.79 Å². The molecular formula is C20H30O4. The molecule has 1 saturated heterocycles. The number of cyclic esters (lactones) is 1. The maximum absolute atomic E-state index is 12.2. The molecule has 1 spiro atoms. The minimum absolute atomic E-state index is 0.0768. The Morgan fingerprint density at radius 3 is 2.92 bits per heavy atom. The topological polar surface area (TPSA) is 63.6 Å². The summed E-state index contributed by atoms with van der Waals surface area (Å²) in [6.45, 7) is 7.30. The SMILES string of the molecule is C[C@H](CC[C@@]1(C)[C@H](C)CC[C@@]23COC(=O)C2=CCC[C@@H]31)CC(=O)O. The van der Waals surface area contributed by atoms with Crippen molar-refractivity contribution in [3.63, 3.8) is 0 Å². The summed E-state index contributed by atoms with van der Waals surface area (Å²) in [4.78, 5) is 23.1. The Bertz CT molecular complexity index is 566. The number of allylic oxidation sites excluding steroid dienone is 1. The number of aliphatic carboxylic acids is 1. The molecule has 3 aliphatic rings. The van der Waals surface area contributed by atoms with Crippen LogP contribution in [0, 0.1) is 28.6 Å². The molecule has 4 nitrogen and oxygen atoms in total. The Kier molecular flexibility index (Phi) is 4.52. The van der Waals surface area contributed by atoms with E-state index < -0.39 is 5.97 Å². The Hall–Kier alpha value is -1.32. The lowest BCUT2D eigenvalue weighted by Gasteiger charge is -2.56. The van der Waals surface area contributed by atoms with E-state index in [4.69, 9.17) is 9.84 Å². The van der Waals surface area contributed by atoms with Crippen molar-refractivity contribution < 1.29 is 19.4 Å². The van der Waals surface area contributed by atoms with Crippen LogP contribution in [0.3, 0.4) is 0 Å². The normalized spacial score (nSPS) is 39.5. The number of carboxylic acids is 1. The molecular weight excluding hydrogens is 304 g/mol. The quantitative estimate of drug-likeness (QED) is 0.766. The summed E-state index contributed by atoms with van der Waals surface area (Å²) >= 11 is 0. The zero-order valence-electron chi connectivity index (χ0n) is 15.1. The van der Waals surface area contributed by atoms with Gasteiger partial charge in [0.15, 0.2) is 0 Å². The largest absolute Gasteiger partial charge is 0.481 e. The molecule has 0 bridgehead atoms. The van der Waals surface area contributed by atoms with E-state index in [1.165, 1.54) is 0 Å². The minimum Gasteiger partial charge on any atom is -0.481 e. The number of ether oxygens (including phenoxy) is 1. The van der Waals surface area contributed by atoms with Crippen molar-refractivity contribution in [2.45, 2.75) is 65.7 Å². The first kappa shape index (κ1) is 17.5. The highest BCUT2D eigenvalue weighted by atomic mass is 16.5. The first-order valence-electron chi connectivity index (χ1n) is 9.39. The van der Waals surface area contributed by atoms with Gasteiger partial charge in [0.25, 0.3) is 0 Å². The molecule has 0 aromatic rings. The standard InChI is InChI=1S/C20H30O4/c1-13(11-17(21)22)7-9-19(3)14(2)8-10-20-12-24-18(23)15(20)5-4-6-16(19)20/h5,13-14,16H,4,6-12H2,1-3H3,(H,21,22)/t13-,14-,16-,19+,20-/m1/s1. The highest BCUT2D eigenvalue weighted by Crippen LogP contribution is 2.63. The summed E-state index contributed by atoms with van der Waals surface area (Å²) in [6.07, 6.45) is 8.59. The second-order valence-electron chi connectivity index (χ2n) is 8.67. The molecule has 1 saturated carbocycles. The molecule has 134 valence electrons. The molecule has 3 rings (SSSR count). The van der Waals surface area contributed by atoms with Crippen LogP contribution in [0.25, 0.3) is 0 Å². The van der Waals surface area contributed by atoms with Crippen LogP contribution in [0.5, 0.6) is 0 Å². The molecule has 2 fully saturated rings. The molecule has 0 radical (unpaired) electrons. The monoisotopic (exact) mass is 334 g/mol. The zero-order valence-corrected chi connectivity index (χ0v) is 15.1. The Labute approximate surface area is 144 Å². The zero-order chi connectivity index (χ0) is 17.5. The van der Waals surface area contributed by atoms with E-state index in [2.05, 4.69) is 19.9 Å². The molecule has 24 heavy (non-hydrogen) atoms. The van der Waals surface area contributed by atoms with Gasteiger partial charge in [-0.2, -0.15) is 0 Å². The van der Waals surface area contributed by atoms with Crippen molar-refractivity contribution in [2.75, 3.05) is 6.61 Å². The molecule has 0 aromatic heterocycles. The highest BCUT2D eigenvalue weighted by molar-refractivity contribution is 5.92. The average molecular weight is 334 g/mol. The maximum Gasteiger partial charge on any atom is 0.334 e. The van der Waals surface area contributed by atoms with Gasteiger partial charge in [-0.05, 0) is 61.7 Å². The van der Waals surface area contributed by atoms with E-state index in [0.717, 1.165) is 44.1 Å². The molecule has 0 aromatic carbocycles. The van der Waals surface area contributed by atoms with Gasteiger partial charge in [0.1, 0.15) is 6.61 Å². The van der Waals surface area contributed by atoms with E-state index >= 15 is 0 Å². The molecule has 1 heterocycles. The average Bonchev–Trinajstić information content (AvgIpc) is 2.86. The van der Waals surface area contributed by atoms with Gasteiger partial charge in [0.05, 0.1) is 0 Å². The number of hydrogen-bond acceptors (Lipinski definition) is 3. The van der Waals surface area contributed by atoms with E-state index in [9.17, 15) is 9.59 Å². The summed E-state index contributed by atoms with van der Waals surface area (Å²) in [5.41, 5.74) is 1.01. The molecule has 0 amide bonds. The molecule has 1 N–H and O–H groups in total. The summed E-state index contributed by atoms with van der Waals surface area (Å²) in [5.74, 6) is 0.455. The van der Waals surface area contributed by atoms with Crippen molar-refractivity contribution in [2.24, 2.45) is 28.6 Å². The lowest BCUT2D eigenvalue weighted by Crippen LogP contribution is -2.51. The molecule has 2 aliphatic carbocycles. The van der Waals surface area contributed by atoms with E-state index in [0.29, 0.717) is 18.4 Å². The number of carboxylic acid groups (broad SMARTS) is 1. The predicted molar refractivity (Wildman–Crippen MR) is 91.4 cm³/mol. The third-order valence-electron chi connectivity index (χ3n) is 7.33. The lowest BCUT2D eigenvalue weighted by molar-refractivity contribution is -0.138. The third-order valence-corrected chi connectivity index (χ3v) is 7.33. The van der Waals surface area contributed by atoms with Gasteiger partial charge in [-0.25, -0.2) is 4.79 Å². The molecule has 1 aliphatic heterocycles. The second kappa shape index (κ2) is 6.20. The van der Waals surface area contributed by atoms with Crippen LogP contribution in [-0.2, 0) is 14.3 Å². The van der Waals surface area contributed by atoms with E-state index in [-0.39, 0.29) is 29.1 Å². The molecule has 4 heteroatoms. The van der Waals surface area contributed by atoms with Crippen LogP contribution in [0.2, 0.25) is 0 Å². The van der Waals surface area contributed by atoms with Crippen molar-refractivity contribution in [1.82, 2.24) is 0 Å². The highest BCUT2D eigenvalue weighted by Gasteiger charge is 2.60. The Balaban J connectivity index is 1.82. The lowest BCUT2D eigenvalue weighted by atomic mass is 9.46. The van der Waals surface area contributed by atoms with Gasteiger partial charge in [-0.1, -0.05) is 26.8 Å². The summed E-state index contributed by atoms with van der Waals surface area (Å²) in [6, 6.07) is 0. The number of carbonyl (C=O) groups is 2. The van der Waals surface area contributed by atoms with Gasteiger partial charge >= 0.3 is 11.9 Å². The first-order chi connectivity index (χ1) is 11.3. The van der Waals surface area contributed by atoms with Crippen molar-refractivity contribution in [3.05, 3.63) is 11.6 Å². The van der Waals surface area contributed by atoms with Crippen LogP contribution in [0.1, 0.15) is 65.7 Å². The molecule has 5 atom stereocenters. The van der Waals surface area contributed by atoms with E-state index in [1.807, 2.05) is 6.92 Å². The summed E-state index contributed by atoms with van der Waals surface area (Å²) < 4.78 is 5.48. The second-order valence-corrected chi connectivity index (χ2v) is 8.67. The minimum atomic E-state index is -0.710. The number of hydrogen-bond donors (Lipinski definition) is 1. The number of esters is 1. The third kappa shape index (κ3) is 2.68. The van der Waals surface area contributed by atoms with Gasteiger partial charge in [0.2, 0.25) is 0 Å². The fraction of sp³-hybridized carbons (Fsp3) is 0.800. The van der Waals surface area contributed by atoms with Crippen LogP contribution >= 0.6 is 0 Å². The van der Waals surface area contributed by atoms with Crippen molar-refractivity contribution in [3.8, 4) is 0 Å². The summed E-state index contributed by atoms with van der Waals surface area (Å²) in [5, 5.41) is 9.01. The first-order valence-corrected chi connectivity index (χ1v) is 9.39. The van der Waals surface area contributed by atoms with Gasteiger partial charge in [-0.15, -0.1) is 0 Å². The van der Waals surface area contributed by atoms with E-state index in [1.54, 1.807) is 0 Å². The Morgan fingerprint density at radius 1 is 1.46 bits per heavy atom. The molecule has 0 unspecified atom stereocenters. The van der Waals surface area contributed by atoms with Crippen molar-refractivity contribution in [1.29, 1.82) is 0 Å². The van der Waals surface area contributed by atoms with Crippen LogP contribution in [0.4, 0.5) is 0 Å². The Morgan fingerprint density at radius 2 is 2.21 bits per heavy atom. The summed E-state index contributed by atoms with van der Waals surface area (Å²) in [7, 11) is 0. The van der Waals surface area contributed by atoms with Crippen molar-refractivity contribution >= 4 is 11.9 Å². The number of carbonyl (C=O) groups excluding carboxylic acids is 1. The predicted octanol–water partition coefficient (Wildman–Crippen LogP) is 4.19. The van der Waals surface area contributed by atoms with Crippen LogP contribution in [0.15, 0.2) is 11.6 Å². The maximum atomic E-state index is 12.2. The fourth-order valence-electron chi connectivity index (χ4n) is 5.67.